The molecule has 0 aromatic rings. The van der Waals surface area contributed by atoms with Gasteiger partial charge in [-0.2, -0.15) is 0 Å². The Hall–Kier alpha value is -0.0800. The first-order chi connectivity index (χ1) is 7.68. The summed E-state index contributed by atoms with van der Waals surface area (Å²) in [5.41, 5.74) is -0.738. The van der Waals surface area contributed by atoms with Crippen LogP contribution in [-0.2, 0) is 0 Å². The van der Waals surface area contributed by atoms with Gasteiger partial charge in [-0.25, -0.2) is 0 Å². The van der Waals surface area contributed by atoms with Crippen molar-refractivity contribution >= 4 is 0 Å². The second-order valence-corrected chi connectivity index (χ2v) is 7.88. The van der Waals surface area contributed by atoms with E-state index in [2.05, 4.69) is 13.8 Å². The first kappa shape index (κ1) is 12.0. The normalized spacial score (nSPS) is 60.4. The van der Waals surface area contributed by atoms with E-state index in [-0.39, 0.29) is 0 Å². The monoisotopic (exact) mass is 238 g/mol. The van der Waals surface area contributed by atoms with Crippen molar-refractivity contribution in [2.45, 2.75) is 64.6 Å². The van der Waals surface area contributed by atoms with Crippen molar-refractivity contribution in [2.75, 3.05) is 0 Å². The maximum absolute atomic E-state index is 10.7. The van der Waals surface area contributed by atoms with Crippen LogP contribution in [0, 0.1) is 29.1 Å². The zero-order chi connectivity index (χ0) is 12.6. The molecule has 2 N–H and O–H groups in total. The Bertz CT molecular complexity index is 343. The molecule has 0 amide bonds. The summed E-state index contributed by atoms with van der Waals surface area (Å²) in [5.74, 6) is 1.95. The van der Waals surface area contributed by atoms with Gasteiger partial charge >= 0.3 is 0 Å². The summed E-state index contributed by atoms with van der Waals surface area (Å²) >= 11 is 0. The molecule has 0 radical (unpaired) electrons. The maximum atomic E-state index is 10.7. The molecule has 0 aromatic carbocycles. The quantitative estimate of drug-likeness (QED) is 0.681. The minimum absolute atomic E-state index is 0.300. The topological polar surface area (TPSA) is 40.5 Å². The number of rotatable bonds is 0. The number of fused-ring (bicyclic) bond motifs is 3. The lowest BCUT2D eigenvalue weighted by atomic mass is 9.73. The highest BCUT2D eigenvalue weighted by atomic mass is 16.3. The average molecular weight is 238 g/mol. The molecule has 2 heteroatoms. The average Bonchev–Trinajstić information content (AvgIpc) is 2.59. The van der Waals surface area contributed by atoms with Gasteiger partial charge in [0.1, 0.15) is 0 Å². The van der Waals surface area contributed by atoms with Crippen LogP contribution in [0.3, 0.4) is 0 Å². The fourth-order valence-corrected chi connectivity index (χ4v) is 5.25. The molecule has 0 aromatic heterocycles. The van der Waals surface area contributed by atoms with Crippen LogP contribution in [0.15, 0.2) is 0 Å². The summed E-state index contributed by atoms with van der Waals surface area (Å²) in [7, 11) is 0. The van der Waals surface area contributed by atoms with Gasteiger partial charge in [-0.15, -0.1) is 0 Å². The molecule has 0 unspecified atom stereocenters. The third-order valence-corrected chi connectivity index (χ3v) is 6.40. The van der Waals surface area contributed by atoms with E-state index in [9.17, 15) is 10.2 Å². The molecule has 0 heterocycles. The van der Waals surface area contributed by atoms with Gasteiger partial charge in [-0.05, 0) is 68.6 Å². The van der Waals surface area contributed by atoms with Gasteiger partial charge in [0.25, 0.3) is 0 Å². The van der Waals surface area contributed by atoms with Gasteiger partial charge in [0, 0.05) is 0 Å². The van der Waals surface area contributed by atoms with E-state index < -0.39 is 11.2 Å². The zero-order valence-electron chi connectivity index (χ0n) is 11.5. The van der Waals surface area contributed by atoms with Crippen LogP contribution >= 0.6 is 0 Å². The lowest BCUT2D eigenvalue weighted by molar-refractivity contribution is -0.0663. The lowest BCUT2D eigenvalue weighted by Gasteiger charge is -2.37. The highest BCUT2D eigenvalue weighted by Crippen LogP contribution is 2.71. The third kappa shape index (κ3) is 1.46. The van der Waals surface area contributed by atoms with Gasteiger partial charge in [0.05, 0.1) is 11.2 Å². The van der Waals surface area contributed by atoms with Crippen LogP contribution in [0.2, 0.25) is 0 Å². The molecular weight excluding hydrogens is 212 g/mol. The molecule has 3 aliphatic rings. The fraction of sp³-hybridized carbons (Fsp3) is 1.00. The van der Waals surface area contributed by atoms with Crippen molar-refractivity contribution < 1.29 is 10.2 Å². The predicted octanol–water partition coefficient (Wildman–Crippen LogP) is 2.58. The first-order valence-electron chi connectivity index (χ1n) is 7.13. The Labute approximate surface area is 104 Å². The molecule has 2 nitrogen and oxygen atoms in total. The van der Waals surface area contributed by atoms with Gasteiger partial charge in [-0.1, -0.05) is 13.8 Å². The smallest absolute Gasteiger partial charge is 0.0654 e. The van der Waals surface area contributed by atoms with E-state index >= 15 is 0 Å². The number of hydrogen-bond acceptors (Lipinski definition) is 2. The minimum Gasteiger partial charge on any atom is -0.390 e. The Morgan fingerprint density at radius 1 is 0.765 bits per heavy atom. The molecule has 3 rings (SSSR count). The Kier molecular flexibility index (Phi) is 2.17. The molecule has 0 spiro atoms. The van der Waals surface area contributed by atoms with E-state index in [0.717, 1.165) is 25.7 Å². The molecule has 6 atom stereocenters. The predicted molar refractivity (Wildman–Crippen MR) is 67.5 cm³/mol. The Morgan fingerprint density at radius 3 is 1.94 bits per heavy atom. The molecule has 0 bridgehead atoms. The van der Waals surface area contributed by atoms with Gasteiger partial charge < -0.3 is 10.2 Å². The standard InChI is InChI=1S/C15H26O2/c1-13(2)9-5-7-14(3,16)10-6-8-15(4,17)12(10)11(9)13/h9-12,16-17H,5-8H2,1-4H3/t9-,10-,11-,12+,14+,15+/m1/s1. The van der Waals surface area contributed by atoms with Crippen molar-refractivity contribution in [3.05, 3.63) is 0 Å². The summed E-state index contributed by atoms with van der Waals surface area (Å²) in [5, 5.41) is 21.3. The summed E-state index contributed by atoms with van der Waals surface area (Å²) in [6.45, 7) is 8.66. The highest BCUT2D eigenvalue weighted by molar-refractivity contribution is 5.18. The number of aliphatic hydroxyl groups is 2. The van der Waals surface area contributed by atoms with Gasteiger partial charge in [0.15, 0.2) is 0 Å². The van der Waals surface area contributed by atoms with Crippen molar-refractivity contribution in [3.63, 3.8) is 0 Å². The van der Waals surface area contributed by atoms with Crippen molar-refractivity contribution in [3.8, 4) is 0 Å². The van der Waals surface area contributed by atoms with E-state index in [0.29, 0.717) is 29.1 Å². The van der Waals surface area contributed by atoms with Crippen LogP contribution < -0.4 is 0 Å². The van der Waals surface area contributed by atoms with Crippen molar-refractivity contribution in [2.24, 2.45) is 29.1 Å². The van der Waals surface area contributed by atoms with Gasteiger partial charge in [0.2, 0.25) is 0 Å². The molecule has 98 valence electrons. The molecule has 17 heavy (non-hydrogen) atoms. The van der Waals surface area contributed by atoms with Crippen molar-refractivity contribution in [1.29, 1.82) is 0 Å². The fourth-order valence-electron chi connectivity index (χ4n) is 5.25. The number of hydrogen-bond donors (Lipinski definition) is 2. The third-order valence-electron chi connectivity index (χ3n) is 6.40. The summed E-state index contributed by atoms with van der Waals surface area (Å²) in [6.07, 6.45) is 3.89. The lowest BCUT2D eigenvalue weighted by Crippen LogP contribution is -2.43. The van der Waals surface area contributed by atoms with Crippen LogP contribution in [0.4, 0.5) is 0 Å². The zero-order valence-corrected chi connectivity index (χ0v) is 11.5. The molecule has 0 saturated heterocycles. The van der Waals surface area contributed by atoms with E-state index in [1.165, 1.54) is 0 Å². The van der Waals surface area contributed by atoms with Crippen LogP contribution in [-0.4, -0.2) is 21.4 Å². The molecule has 0 aliphatic heterocycles. The Morgan fingerprint density at radius 2 is 1.29 bits per heavy atom. The van der Waals surface area contributed by atoms with Crippen molar-refractivity contribution in [1.82, 2.24) is 0 Å². The maximum Gasteiger partial charge on any atom is 0.0654 e. The molecule has 3 saturated carbocycles. The van der Waals surface area contributed by atoms with E-state index in [1.54, 1.807) is 0 Å². The Balaban J connectivity index is 1.99. The summed E-state index contributed by atoms with van der Waals surface area (Å²) < 4.78 is 0. The summed E-state index contributed by atoms with van der Waals surface area (Å²) in [6, 6.07) is 0. The second kappa shape index (κ2) is 3.08. The van der Waals surface area contributed by atoms with E-state index in [4.69, 9.17) is 0 Å². The highest BCUT2D eigenvalue weighted by Gasteiger charge is 2.69. The van der Waals surface area contributed by atoms with Crippen LogP contribution in [0.1, 0.15) is 53.4 Å². The second-order valence-electron chi connectivity index (χ2n) is 7.88. The minimum atomic E-state index is -0.561. The van der Waals surface area contributed by atoms with Gasteiger partial charge in [-0.3, -0.25) is 0 Å². The first-order valence-corrected chi connectivity index (χ1v) is 7.13. The SMILES string of the molecule is CC1(C)[C@H]2[C@@H]3[C@@H](CC[C@]3(C)O)[C@@](C)(O)CC[C@H]21. The summed E-state index contributed by atoms with van der Waals surface area (Å²) in [4.78, 5) is 0. The van der Waals surface area contributed by atoms with Crippen LogP contribution in [0.25, 0.3) is 0 Å². The molecule has 3 fully saturated rings. The largest absolute Gasteiger partial charge is 0.390 e. The molecule has 3 aliphatic carbocycles. The van der Waals surface area contributed by atoms with E-state index in [1.807, 2.05) is 13.8 Å². The molecular formula is C15H26O2. The van der Waals surface area contributed by atoms with Crippen LogP contribution in [0.5, 0.6) is 0 Å².